The Hall–Kier alpha value is -0.350. The van der Waals surface area contributed by atoms with Crippen LogP contribution in [0.5, 0.6) is 0 Å². The summed E-state index contributed by atoms with van der Waals surface area (Å²) in [6.07, 6.45) is 2.37. The Bertz CT molecular complexity index is 202. The molecule has 56 valence electrons. The molecule has 0 saturated heterocycles. The highest BCUT2D eigenvalue weighted by atomic mass is 79.9. The lowest BCUT2D eigenvalue weighted by Crippen LogP contribution is -1.98. The Labute approximate surface area is 67.8 Å². The molecule has 0 aromatic carbocycles. The van der Waals surface area contributed by atoms with Crippen LogP contribution in [0.25, 0.3) is 0 Å². The lowest BCUT2D eigenvalue weighted by Gasteiger charge is -1.98. The zero-order chi connectivity index (χ0) is 7.56. The number of nitrogens with zero attached hydrogens (tertiary/aromatic N) is 2. The van der Waals surface area contributed by atoms with Crippen LogP contribution in [0, 0.1) is 0 Å². The van der Waals surface area contributed by atoms with Crippen LogP contribution in [0.2, 0.25) is 0 Å². The smallest absolute Gasteiger partial charge is 0.127 e. The number of aliphatic hydroxyl groups is 1. The molecule has 1 aromatic rings. The van der Waals surface area contributed by atoms with Crippen molar-refractivity contribution in [1.82, 2.24) is 9.55 Å². The Morgan fingerprint density at radius 3 is 2.90 bits per heavy atom. The molecule has 0 unspecified atom stereocenters. The van der Waals surface area contributed by atoms with Crippen molar-refractivity contribution in [3.8, 4) is 0 Å². The van der Waals surface area contributed by atoms with E-state index < -0.39 is 0 Å². The molecule has 0 bridgehead atoms. The largest absolute Gasteiger partial charge is 0.396 e. The Morgan fingerprint density at radius 1 is 1.80 bits per heavy atom. The van der Waals surface area contributed by atoms with Crippen LogP contribution in [-0.4, -0.2) is 21.3 Å². The molecular formula is C6H9BrN2O. The normalized spacial score (nSPS) is 10.3. The maximum Gasteiger partial charge on any atom is 0.127 e. The summed E-state index contributed by atoms with van der Waals surface area (Å²) in [5.41, 5.74) is 1.03. The van der Waals surface area contributed by atoms with Crippen LogP contribution in [0.4, 0.5) is 0 Å². The summed E-state index contributed by atoms with van der Waals surface area (Å²) < 4.78 is 2.71. The fraction of sp³-hybridized carbons (Fsp3) is 0.500. The van der Waals surface area contributed by atoms with E-state index in [4.69, 9.17) is 5.11 Å². The van der Waals surface area contributed by atoms with Crippen LogP contribution >= 0.6 is 15.9 Å². The molecule has 0 aliphatic heterocycles. The summed E-state index contributed by atoms with van der Waals surface area (Å²) in [6, 6.07) is 0. The van der Waals surface area contributed by atoms with Crippen LogP contribution in [0.15, 0.2) is 10.9 Å². The van der Waals surface area contributed by atoms with E-state index in [0.29, 0.717) is 6.42 Å². The third-order valence-corrected chi connectivity index (χ3v) is 2.02. The second kappa shape index (κ2) is 3.16. The predicted octanol–water partition coefficient (Wildman–Crippen LogP) is 0.717. The zero-order valence-electron chi connectivity index (χ0n) is 5.71. The molecule has 0 atom stereocenters. The van der Waals surface area contributed by atoms with E-state index >= 15 is 0 Å². The van der Waals surface area contributed by atoms with Gasteiger partial charge in [0.25, 0.3) is 0 Å². The Morgan fingerprint density at radius 2 is 2.50 bits per heavy atom. The summed E-state index contributed by atoms with van der Waals surface area (Å²) in [7, 11) is 1.91. The van der Waals surface area contributed by atoms with E-state index in [0.717, 1.165) is 10.3 Å². The van der Waals surface area contributed by atoms with Gasteiger partial charge in [0.05, 0.1) is 12.0 Å². The van der Waals surface area contributed by atoms with Crippen LogP contribution in [0.1, 0.15) is 5.69 Å². The minimum Gasteiger partial charge on any atom is -0.396 e. The number of aromatic nitrogens is 2. The number of hydrogen-bond donors (Lipinski definition) is 1. The number of imidazole rings is 1. The first-order chi connectivity index (χ1) is 4.75. The van der Waals surface area contributed by atoms with E-state index in [-0.39, 0.29) is 6.61 Å². The highest BCUT2D eigenvalue weighted by Gasteiger charge is 2.03. The van der Waals surface area contributed by atoms with Gasteiger partial charge in [-0.25, -0.2) is 4.98 Å². The van der Waals surface area contributed by atoms with Crippen LogP contribution in [0.3, 0.4) is 0 Å². The minimum absolute atomic E-state index is 0.165. The first-order valence-electron chi connectivity index (χ1n) is 3.02. The number of hydrogen-bond acceptors (Lipinski definition) is 2. The van der Waals surface area contributed by atoms with Gasteiger partial charge in [-0.15, -0.1) is 0 Å². The molecule has 4 heteroatoms. The molecule has 0 radical (unpaired) electrons. The summed E-state index contributed by atoms with van der Waals surface area (Å²) in [5, 5.41) is 8.62. The lowest BCUT2D eigenvalue weighted by molar-refractivity contribution is 0.296. The van der Waals surface area contributed by atoms with Gasteiger partial charge in [-0.1, -0.05) is 0 Å². The molecule has 0 saturated carbocycles. The average molecular weight is 205 g/mol. The van der Waals surface area contributed by atoms with Crippen molar-refractivity contribution >= 4 is 15.9 Å². The van der Waals surface area contributed by atoms with Gasteiger partial charge < -0.3 is 9.67 Å². The van der Waals surface area contributed by atoms with Gasteiger partial charge in [-0.3, -0.25) is 0 Å². The fourth-order valence-corrected chi connectivity index (χ4v) is 1.38. The first-order valence-corrected chi connectivity index (χ1v) is 3.81. The van der Waals surface area contributed by atoms with E-state index in [9.17, 15) is 0 Å². The molecule has 1 heterocycles. The third kappa shape index (κ3) is 1.38. The van der Waals surface area contributed by atoms with Crippen LogP contribution < -0.4 is 0 Å². The van der Waals surface area contributed by atoms with Crippen molar-refractivity contribution in [3.63, 3.8) is 0 Å². The van der Waals surface area contributed by atoms with Crippen molar-refractivity contribution in [2.45, 2.75) is 6.42 Å². The lowest BCUT2D eigenvalue weighted by atomic mass is 10.3. The molecule has 0 amide bonds. The minimum atomic E-state index is 0.165. The van der Waals surface area contributed by atoms with Gasteiger partial charge in [0.1, 0.15) is 4.60 Å². The van der Waals surface area contributed by atoms with E-state index in [1.54, 1.807) is 6.33 Å². The number of halogens is 1. The van der Waals surface area contributed by atoms with E-state index in [1.165, 1.54) is 0 Å². The van der Waals surface area contributed by atoms with Crippen molar-refractivity contribution in [1.29, 1.82) is 0 Å². The number of aryl methyl sites for hydroxylation is 1. The topological polar surface area (TPSA) is 38.0 Å². The Balaban J connectivity index is 2.87. The average Bonchev–Trinajstić information content (AvgIpc) is 2.20. The summed E-state index contributed by atoms with van der Waals surface area (Å²) in [6.45, 7) is 0.165. The molecule has 0 aliphatic carbocycles. The molecule has 1 N–H and O–H groups in total. The molecular weight excluding hydrogens is 196 g/mol. The molecule has 0 fully saturated rings. The molecule has 1 rings (SSSR count). The van der Waals surface area contributed by atoms with Crippen molar-refractivity contribution in [2.24, 2.45) is 7.05 Å². The van der Waals surface area contributed by atoms with Gasteiger partial charge >= 0.3 is 0 Å². The van der Waals surface area contributed by atoms with Crippen LogP contribution in [-0.2, 0) is 13.5 Å². The highest BCUT2D eigenvalue weighted by molar-refractivity contribution is 9.10. The quantitative estimate of drug-likeness (QED) is 0.772. The third-order valence-electron chi connectivity index (χ3n) is 1.36. The van der Waals surface area contributed by atoms with E-state index in [2.05, 4.69) is 20.9 Å². The first kappa shape index (κ1) is 7.75. The number of aliphatic hydroxyl groups excluding tert-OH is 1. The molecule has 0 spiro atoms. The molecule has 3 nitrogen and oxygen atoms in total. The molecule has 0 aliphatic rings. The standard InChI is InChI=1S/C6H9BrN2O/c1-9-4-8-6(7)5(9)2-3-10/h4,10H,2-3H2,1H3. The maximum atomic E-state index is 8.62. The second-order valence-electron chi connectivity index (χ2n) is 2.07. The fourth-order valence-electron chi connectivity index (χ4n) is 0.812. The highest BCUT2D eigenvalue weighted by Crippen LogP contribution is 2.13. The molecule has 1 aromatic heterocycles. The van der Waals surface area contributed by atoms with Gasteiger partial charge in [-0.2, -0.15) is 0 Å². The monoisotopic (exact) mass is 204 g/mol. The zero-order valence-corrected chi connectivity index (χ0v) is 7.30. The van der Waals surface area contributed by atoms with Crippen molar-refractivity contribution in [3.05, 3.63) is 16.6 Å². The van der Waals surface area contributed by atoms with Gasteiger partial charge in [0.15, 0.2) is 0 Å². The predicted molar refractivity (Wildman–Crippen MR) is 41.7 cm³/mol. The van der Waals surface area contributed by atoms with Crippen molar-refractivity contribution < 1.29 is 5.11 Å². The van der Waals surface area contributed by atoms with Gasteiger partial charge in [-0.05, 0) is 15.9 Å². The van der Waals surface area contributed by atoms with Gasteiger partial charge in [0, 0.05) is 20.1 Å². The molecule has 10 heavy (non-hydrogen) atoms. The number of rotatable bonds is 2. The maximum absolute atomic E-state index is 8.62. The van der Waals surface area contributed by atoms with Gasteiger partial charge in [0.2, 0.25) is 0 Å². The van der Waals surface area contributed by atoms with Crippen molar-refractivity contribution in [2.75, 3.05) is 6.61 Å². The second-order valence-corrected chi connectivity index (χ2v) is 2.82. The summed E-state index contributed by atoms with van der Waals surface area (Å²) >= 11 is 3.28. The Kier molecular flexibility index (Phi) is 2.45. The summed E-state index contributed by atoms with van der Waals surface area (Å²) in [4.78, 5) is 4.00. The summed E-state index contributed by atoms with van der Waals surface area (Å²) in [5.74, 6) is 0. The van der Waals surface area contributed by atoms with E-state index in [1.807, 2.05) is 11.6 Å². The SMILES string of the molecule is Cn1cnc(Br)c1CCO.